The number of hydrogen-bond donors (Lipinski definition) is 0. The van der Waals surface area contributed by atoms with Crippen molar-refractivity contribution in [2.75, 3.05) is 13.2 Å². The minimum absolute atomic E-state index is 0.0322. The summed E-state index contributed by atoms with van der Waals surface area (Å²) in [6.07, 6.45) is 6.43. The standard InChI is InChI=1S/C22H28O7/c1-3-20(23)26-13-7-8-14-27-22(25)29-19-12-11-18(15-16(19)2)28-21(24)17-9-5-4-6-10-17/h3,11-12,15,17H,1,4-10,13-14H2,2H3. The summed E-state index contributed by atoms with van der Waals surface area (Å²) < 4.78 is 20.5. The van der Waals surface area contributed by atoms with Gasteiger partial charge >= 0.3 is 18.1 Å². The van der Waals surface area contributed by atoms with Gasteiger partial charge in [-0.2, -0.15) is 0 Å². The maximum absolute atomic E-state index is 12.2. The van der Waals surface area contributed by atoms with Crippen LogP contribution in [0.15, 0.2) is 30.9 Å². The average Bonchev–Trinajstić information content (AvgIpc) is 2.73. The average molecular weight is 404 g/mol. The monoisotopic (exact) mass is 404 g/mol. The van der Waals surface area contributed by atoms with Gasteiger partial charge in [0.25, 0.3) is 0 Å². The lowest BCUT2D eigenvalue weighted by Gasteiger charge is -2.20. The van der Waals surface area contributed by atoms with Gasteiger partial charge in [-0.1, -0.05) is 25.8 Å². The van der Waals surface area contributed by atoms with E-state index < -0.39 is 12.1 Å². The van der Waals surface area contributed by atoms with E-state index >= 15 is 0 Å². The second-order valence-electron chi connectivity index (χ2n) is 6.96. The molecule has 1 aliphatic rings. The summed E-state index contributed by atoms with van der Waals surface area (Å²) in [5.41, 5.74) is 0.659. The normalized spacial score (nSPS) is 14.0. The van der Waals surface area contributed by atoms with Crippen LogP contribution in [-0.2, 0) is 19.1 Å². The molecule has 0 amide bonds. The van der Waals surface area contributed by atoms with Gasteiger partial charge in [-0.25, -0.2) is 9.59 Å². The van der Waals surface area contributed by atoms with Crippen molar-refractivity contribution < 1.29 is 33.3 Å². The van der Waals surface area contributed by atoms with E-state index in [1.165, 1.54) is 6.42 Å². The quantitative estimate of drug-likeness (QED) is 0.197. The fraction of sp³-hybridized carbons (Fsp3) is 0.500. The number of hydrogen-bond acceptors (Lipinski definition) is 7. The summed E-state index contributed by atoms with van der Waals surface area (Å²) in [5, 5.41) is 0. The van der Waals surface area contributed by atoms with E-state index in [-0.39, 0.29) is 25.1 Å². The lowest BCUT2D eigenvalue weighted by atomic mass is 9.89. The minimum Gasteiger partial charge on any atom is -0.463 e. The minimum atomic E-state index is -0.817. The third-order valence-corrected chi connectivity index (χ3v) is 4.67. The Morgan fingerprint density at radius 3 is 2.38 bits per heavy atom. The fourth-order valence-corrected chi connectivity index (χ4v) is 3.05. The Bertz CT molecular complexity index is 720. The maximum Gasteiger partial charge on any atom is 0.513 e. The molecule has 0 spiro atoms. The molecule has 1 aromatic carbocycles. The predicted molar refractivity (Wildman–Crippen MR) is 106 cm³/mol. The van der Waals surface area contributed by atoms with E-state index in [9.17, 15) is 14.4 Å². The second kappa shape index (κ2) is 11.9. The van der Waals surface area contributed by atoms with Crippen LogP contribution in [0.1, 0.15) is 50.5 Å². The molecule has 1 aliphatic carbocycles. The zero-order valence-electron chi connectivity index (χ0n) is 16.8. The highest BCUT2D eigenvalue weighted by atomic mass is 16.7. The highest BCUT2D eigenvalue weighted by Gasteiger charge is 2.23. The van der Waals surface area contributed by atoms with E-state index in [2.05, 4.69) is 6.58 Å². The Labute approximate surface area is 171 Å². The number of carbonyl (C=O) groups excluding carboxylic acids is 3. The lowest BCUT2D eigenvalue weighted by molar-refractivity contribution is -0.140. The molecule has 0 unspecified atom stereocenters. The molecular formula is C22H28O7. The molecule has 0 heterocycles. The van der Waals surface area contributed by atoms with E-state index in [1.807, 2.05) is 0 Å². The summed E-state index contributed by atoms with van der Waals surface area (Å²) in [6, 6.07) is 4.84. The third-order valence-electron chi connectivity index (χ3n) is 4.67. The predicted octanol–water partition coefficient (Wildman–Crippen LogP) is 4.51. The molecule has 0 radical (unpaired) electrons. The van der Waals surface area contributed by atoms with Crippen LogP contribution in [0, 0.1) is 12.8 Å². The van der Waals surface area contributed by atoms with Crippen LogP contribution in [0.25, 0.3) is 0 Å². The molecule has 0 aliphatic heterocycles. The van der Waals surface area contributed by atoms with Crippen molar-refractivity contribution in [2.24, 2.45) is 5.92 Å². The molecule has 1 saturated carbocycles. The van der Waals surface area contributed by atoms with Crippen molar-refractivity contribution in [3.63, 3.8) is 0 Å². The number of carbonyl (C=O) groups is 3. The summed E-state index contributed by atoms with van der Waals surface area (Å²) in [7, 11) is 0. The van der Waals surface area contributed by atoms with Crippen molar-refractivity contribution in [3.05, 3.63) is 36.4 Å². The van der Waals surface area contributed by atoms with Crippen LogP contribution in [0.4, 0.5) is 4.79 Å². The van der Waals surface area contributed by atoms with Crippen LogP contribution in [-0.4, -0.2) is 31.3 Å². The zero-order chi connectivity index (χ0) is 21.1. The van der Waals surface area contributed by atoms with Crippen molar-refractivity contribution in [2.45, 2.75) is 51.9 Å². The molecule has 0 bridgehead atoms. The van der Waals surface area contributed by atoms with Gasteiger partial charge in [0.15, 0.2) is 0 Å². The zero-order valence-corrected chi connectivity index (χ0v) is 16.8. The second-order valence-corrected chi connectivity index (χ2v) is 6.96. The first-order chi connectivity index (χ1) is 14.0. The molecule has 0 N–H and O–H groups in total. The van der Waals surface area contributed by atoms with E-state index in [0.717, 1.165) is 31.8 Å². The largest absolute Gasteiger partial charge is 0.513 e. The van der Waals surface area contributed by atoms with Gasteiger partial charge in [0.2, 0.25) is 0 Å². The number of aryl methyl sites for hydroxylation is 1. The molecule has 7 heteroatoms. The number of esters is 2. The Balaban J connectivity index is 1.72. The summed E-state index contributed by atoms with van der Waals surface area (Å²) in [4.78, 5) is 34.9. The van der Waals surface area contributed by atoms with E-state index in [1.54, 1.807) is 25.1 Å². The first-order valence-electron chi connectivity index (χ1n) is 9.95. The molecule has 0 atom stereocenters. The summed E-state index contributed by atoms with van der Waals surface area (Å²) in [6.45, 7) is 5.45. The van der Waals surface area contributed by atoms with Crippen LogP contribution in [0.5, 0.6) is 11.5 Å². The third kappa shape index (κ3) is 7.97. The molecule has 158 valence electrons. The Morgan fingerprint density at radius 1 is 1.03 bits per heavy atom. The van der Waals surface area contributed by atoms with Crippen molar-refractivity contribution in [1.29, 1.82) is 0 Å². The van der Waals surface area contributed by atoms with Gasteiger partial charge in [0, 0.05) is 6.08 Å². The van der Waals surface area contributed by atoms with Crippen LogP contribution < -0.4 is 9.47 Å². The number of rotatable bonds is 9. The van der Waals surface area contributed by atoms with Gasteiger partial charge in [0.05, 0.1) is 19.1 Å². The number of benzene rings is 1. The van der Waals surface area contributed by atoms with E-state index in [0.29, 0.717) is 29.9 Å². The Kier molecular flexibility index (Phi) is 9.21. The smallest absolute Gasteiger partial charge is 0.463 e. The van der Waals surface area contributed by atoms with Crippen molar-refractivity contribution in [3.8, 4) is 11.5 Å². The summed E-state index contributed by atoms with van der Waals surface area (Å²) in [5.74, 6) is 0.0695. The first kappa shape index (κ1) is 22.5. The molecule has 7 nitrogen and oxygen atoms in total. The molecule has 1 aromatic rings. The fourth-order valence-electron chi connectivity index (χ4n) is 3.05. The molecule has 2 rings (SSSR count). The van der Waals surface area contributed by atoms with Gasteiger partial charge in [0.1, 0.15) is 11.5 Å². The first-order valence-corrected chi connectivity index (χ1v) is 9.95. The van der Waals surface area contributed by atoms with Gasteiger partial charge in [-0.3, -0.25) is 4.79 Å². The van der Waals surface area contributed by atoms with Crippen LogP contribution in [0.3, 0.4) is 0 Å². The SMILES string of the molecule is C=CC(=O)OCCCCOC(=O)Oc1ccc(OC(=O)C2CCCCC2)cc1C. The van der Waals surface area contributed by atoms with Crippen LogP contribution in [0.2, 0.25) is 0 Å². The highest BCUT2D eigenvalue weighted by Crippen LogP contribution is 2.28. The Hall–Kier alpha value is -2.83. The number of unbranched alkanes of at least 4 members (excludes halogenated alkanes) is 1. The topological polar surface area (TPSA) is 88.1 Å². The van der Waals surface area contributed by atoms with Gasteiger partial charge in [-0.05, 0) is 56.4 Å². The molecule has 29 heavy (non-hydrogen) atoms. The van der Waals surface area contributed by atoms with Crippen molar-refractivity contribution >= 4 is 18.1 Å². The van der Waals surface area contributed by atoms with Crippen molar-refractivity contribution in [1.82, 2.24) is 0 Å². The van der Waals surface area contributed by atoms with E-state index in [4.69, 9.17) is 18.9 Å². The molecule has 1 fully saturated rings. The maximum atomic E-state index is 12.2. The molecule has 0 saturated heterocycles. The number of ether oxygens (including phenoxy) is 4. The van der Waals surface area contributed by atoms with Gasteiger partial charge in [-0.15, -0.1) is 0 Å². The molecular weight excluding hydrogens is 376 g/mol. The summed E-state index contributed by atoms with van der Waals surface area (Å²) >= 11 is 0. The Morgan fingerprint density at radius 2 is 1.72 bits per heavy atom. The highest BCUT2D eigenvalue weighted by molar-refractivity contribution is 5.81. The van der Waals surface area contributed by atoms with Gasteiger partial charge < -0.3 is 18.9 Å². The lowest BCUT2D eigenvalue weighted by Crippen LogP contribution is -2.22. The molecule has 0 aromatic heterocycles. The van der Waals surface area contributed by atoms with Crippen LogP contribution >= 0.6 is 0 Å².